The standard InChI is InChI=1S/C48H45NO9S3/c50-31-34-59(53,54)46-25-13-40(14-26-46)4-1-37-7-19-43(20-8-37)49(44-21-9-38(10-22-44)2-5-41-15-27-47(28-16-41)60(55,56)35-32-51)45-23-11-39(12-24-45)3-6-42-17-29-48(30-18-42)61(57,58)36-33-52/h1-30,50-52H,31-36H2/b4-1+,5-2+,6-3+. The molecule has 0 heterocycles. The Morgan fingerprint density at radius 3 is 0.672 bits per heavy atom. The van der Waals surface area contributed by atoms with Gasteiger partial charge in [0.15, 0.2) is 29.5 Å². The molecule has 0 amide bonds. The van der Waals surface area contributed by atoms with Gasteiger partial charge in [-0.2, -0.15) is 0 Å². The van der Waals surface area contributed by atoms with Crippen LogP contribution >= 0.6 is 0 Å². The third-order valence-electron chi connectivity index (χ3n) is 9.66. The molecule has 0 bridgehead atoms. The summed E-state index contributed by atoms with van der Waals surface area (Å²) in [6, 6.07) is 43.6. The number of benzene rings is 6. The van der Waals surface area contributed by atoms with Crippen molar-refractivity contribution in [3.05, 3.63) is 179 Å². The van der Waals surface area contributed by atoms with Gasteiger partial charge >= 0.3 is 0 Å². The SMILES string of the molecule is O=S(=O)(CCO)c1ccc(/C=C/c2ccc(N(c3ccc(/C=C/c4ccc(S(=O)(=O)CCO)cc4)cc3)c3ccc(/C=C/c4ccc(S(=O)(=O)CCO)cc4)cc3)cc2)cc1. The van der Waals surface area contributed by atoms with Crippen LogP contribution in [0.2, 0.25) is 0 Å². The van der Waals surface area contributed by atoms with Gasteiger partial charge in [-0.05, 0) is 106 Å². The maximum absolute atomic E-state index is 12.3. The van der Waals surface area contributed by atoms with E-state index in [-0.39, 0.29) is 31.9 Å². The van der Waals surface area contributed by atoms with Gasteiger partial charge in [-0.25, -0.2) is 25.3 Å². The quantitative estimate of drug-likeness (QED) is 0.0722. The van der Waals surface area contributed by atoms with Gasteiger partial charge in [0, 0.05) is 17.1 Å². The highest BCUT2D eigenvalue weighted by Gasteiger charge is 2.16. The van der Waals surface area contributed by atoms with Crippen molar-refractivity contribution >= 4 is 83.0 Å². The van der Waals surface area contributed by atoms with Crippen LogP contribution in [0.1, 0.15) is 33.4 Å². The Kier molecular flexibility index (Phi) is 14.7. The van der Waals surface area contributed by atoms with E-state index in [0.717, 1.165) is 50.4 Å². The number of sulfone groups is 3. The summed E-state index contributed by atoms with van der Waals surface area (Å²) < 4.78 is 73.7. The van der Waals surface area contributed by atoms with Crippen LogP contribution in [-0.2, 0) is 29.5 Å². The van der Waals surface area contributed by atoms with Crippen LogP contribution in [0.5, 0.6) is 0 Å². The second kappa shape index (κ2) is 20.1. The average Bonchev–Trinajstić information content (AvgIpc) is 3.26. The molecule has 0 saturated heterocycles. The van der Waals surface area contributed by atoms with Gasteiger partial charge in [0.05, 0.1) is 51.8 Å². The van der Waals surface area contributed by atoms with Gasteiger partial charge in [-0.1, -0.05) is 109 Å². The Morgan fingerprint density at radius 1 is 0.311 bits per heavy atom. The molecule has 10 nitrogen and oxygen atoms in total. The summed E-state index contributed by atoms with van der Waals surface area (Å²) in [7, 11) is -10.6. The van der Waals surface area contributed by atoms with E-state index in [1.165, 1.54) is 36.4 Å². The molecule has 0 unspecified atom stereocenters. The lowest BCUT2D eigenvalue weighted by Gasteiger charge is -2.26. The zero-order valence-electron chi connectivity index (χ0n) is 33.0. The summed E-state index contributed by atoms with van der Waals surface area (Å²) in [6.07, 6.45) is 11.5. The van der Waals surface area contributed by atoms with Crippen LogP contribution in [0.25, 0.3) is 36.5 Å². The molecule has 0 fully saturated rings. The summed E-state index contributed by atoms with van der Waals surface area (Å²) in [6.45, 7) is -1.31. The lowest BCUT2D eigenvalue weighted by Crippen LogP contribution is -2.09. The molecule has 13 heteroatoms. The molecule has 0 atom stereocenters. The van der Waals surface area contributed by atoms with Gasteiger partial charge in [0.1, 0.15) is 0 Å². The number of aliphatic hydroxyl groups is 3. The van der Waals surface area contributed by atoms with E-state index in [4.69, 9.17) is 15.3 Å². The van der Waals surface area contributed by atoms with E-state index in [9.17, 15) is 25.3 Å². The monoisotopic (exact) mass is 875 g/mol. The van der Waals surface area contributed by atoms with E-state index in [0.29, 0.717) is 0 Å². The Labute approximate surface area is 357 Å². The fourth-order valence-corrected chi connectivity index (χ4v) is 9.38. The molecule has 0 saturated carbocycles. The average molecular weight is 876 g/mol. The smallest absolute Gasteiger partial charge is 0.180 e. The number of anilines is 3. The van der Waals surface area contributed by atoms with Crippen LogP contribution in [0.15, 0.2) is 160 Å². The van der Waals surface area contributed by atoms with Gasteiger partial charge in [-0.15, -0.1) is 0 Å². The highest BCUT2D eigenvalue weighted by atomic mass is 32.2. The summed E-state index contributed by atoms with van der Waals surface area (Å²) in [5.41, 5.74) is 7.95. The van der Waals surface area contributed by atoms with Crippen molar-refractivity contribution < 1.29 is 40.6 Å². The second-order valence-corrected chi connectivity index (χ2v) is 20.3. The van der Waals surface area contributed by atoms with Crippen LogP contribution in [0, 0.1) is 0 Å². The van der Waals surface area contributed by atoms with Gasteiger partial charge in [0.25, 0.3) is 0 Å². The third-order valence-corrected chi connectivity index (χ3v) is 14.8. The van der Waals surface area contributed by atoms with Crippen molar-refractivity contribution in [2.24, 2.45) is 0 Å². The second-order valence-electron chi connectivity index (χ2n) is 13.9. The summed E-state index contributed by atoms with van der Waals surface area (Å²) >= 11 is 0. The molecule has 0 aliphatic rings. The third kappa shape index (κ3) is 11.9. The molecule has 3 N–H and O–H groups in total. The van der Waals surface area contributed by atoms with E-state index in [1.807, 2.05) is 109 Å². The van der Waals surface area contributed by atoms with Crippen molar-refractivity contribution in [1.29, 1.82) is 0 Å². The van der Waals surface area contributed by atoms with Crippen molar-refractivity contribution in [3.63, 3.8) is 0 Å². The minimum absolute atomic E-state index is 0.163. The first-order valence-corrected chi connectivity index (χ1v) is 24.2. The zero-order valence-corrected chi connectivity index (χ0v) is 35.5. The van der Waals surface area contributed by atoms with Gasteiger partial charge in [-0.3, -0.25) is 0 Å². The van der Waals surface area contributed by atoms with E-state index >= 15 is 0 Å². The predicted octanol–water partition coefficient (Wildman–Crippen LogP) is 7.97. The molecule has 0 aliphatic carbocycles. The van der Waals surface area contributed by atoms with E-state index < -0.39 is 49.3 Å². The molecule has 6 rings (SSSR count). The topological polar surface area (TPSA) is 166 Å². The van der Waals surface area contributed by atoms with E-state index in [2.05, 4.69) is 4.90 Å². The maximum atomic E-state index is 12.3. The first-order valence-electron chi connectivity index (χ1n) is 19.3. The molecule has 6 aromatic carbocycles. The van der Waals surface area contributed by atoms with Gasteiger partial charge < -0.3 is 20.2 Å². The van der Waals surface area contributed by atoms with Crippen molar-refractivity contribution in [2.75, 3.05) is 42.0 Å². The first-order chi connectivity index (χ1) is 29.3. The minimum atomic E-state index is -3.53. The molecular formula is C48H45NO9S3. The number of nitrogens with zero attached hydrogens (tertiary/aromatic N) is 1. The van der Waals surface area contributed by atoms with Crippen molar-refractivity contribution in [3.8, 4) is 0 Å². The molecule has 0 aliphatic heterocycles. The maximum Gasteiger partial charge on any atom is 0.180 e. The zero-order chi connectivity index (χ0) is 43.5. The lowest BCUT2D eigenvalue weighted by atomic mass is 10.1. The number of rotatable bonds is 18. The van der Waals surface area contributed by atoms with Gasteiger partial charge in [0.2, 0.25) is 0 Å². The van der Waals surface area contributed by atoms with Crippen LogP contribution in [0.4, 0.5) is 17.1 Å². The van der Waals surface area contributed by atoms with Crippen molar-refractivity contribution in [1.82, 2.24) is 0 Å². The lowest BCUT2D eigenvalue weighted by molar-refractivity contribution is 0.319. The number of hydrogen-bond donors (Lipinski definition) is 3. The molecule has 61 heavy (non-hydrogen) atoms. The van der Waals surface area contributed by atoms with Crippen LogP contribution in [-0.4, -0.2) is 77.7 Å². The van der Waals surface area contributed by atoms with Crippen LogP contribution in [0.3, 0.4) is 0 Å². The molecule has 6 aromatic rings. The number of aliphatic hydroxyl groups excluding tert-OH is 3. The number of hydrogen-bond acceptors (Lipinski definition) is 10. The molecule has 314 valence electrons. The fraction of sp³-hybridized carbons (Fsp3) is 0.125. The van der Waals surface area contributed by atoms with Crippen molar-refractivity contribution in [2.45, 2.75) is 14.7 Å². The Hall–Kier alpha value is -5.93. The summed E-state index contributed by atoms with van der Waals surface area (Å²) in [4.78, 5) is 2.61. The van der Waals surface area contributed by atoms with E-state index in [1.54, 1.807) is 36.4 Å². The highest BCUT2D eigenvalue weighted by molar-refractivity contribution is 7.92. The molecule has 0 spiro atoms. The normalized spacial score (nSPS) is 12.4. The largest absolute Gasteiger partial charge is 0.395 e. The first kappa shape index (κ1) is 44.6. The summed E-state index contributed by atoms with van der Waals surface area (Å²) in [5.74, 6) is -0.977. The Morgan fingerprint density at radius 2 is 0.492 bits per heavy atom. The summed E-state index contributed by atoms with van der Waals surface area (Å²) in [5, 5.41) is 27.2. The molecular weight excluding hydrogens is 831 g/mol. The Bertz CT molecular complexity index is 2500. The minimum Gasteiger partial charge on any atom is -0.395 e. The molecule has 0 aromatic heterocycles. The Balaban J connectivity index is 1.23. The fourth-order valence-electron chi connectivity index (χ4n) is 6.30. The van der Waals surface area contributed by atoms with Crippen LogP contribution < -0.4 is 4.90 Å². The molecule has 0 radical (unpaired) electrons. The predicted molar refractivity (Wildman–Crippen MR) is 245 cm³/mol. The highest BCUT2D eigenvalue weighted by Crippen LogP contribution is 2.35.